The fourth-order valence-corrected chi connectivity index (χ4v) is 9.07. The van der Waals surface area contributed by atoms with E-state index in [0.29, 0.717) is 0 Å². The molecule has 56 heavy (non-hydrogen) atoms. The van der Waals surface area contributed by atoms with Crippen LogP contribution in [0.3, 0.4) is 0 Å². The third kappa shape index (κ3) is 4.96. The summed E-state index contributed by atoms with van der Waals surface area (Å²) >= 11 is 0. The van der Waals surface area contributed by atoms with Crippen molar-refractivity contribution in [3.8, 4) is 33.6 Å². The summed E-state index contributed by atoms with van der Waals surface area (Å²) in [6, 6.07) is 64.2. The molecule has 0 amide bonds. The lowest BCUT2D eigenvalue weighted by Gasteiger charge is -2.28. The highest BCUT2D eigenvalue weighted by Crippen LogP contribution is 2.51. The molecule has 0 N–H and O–H groups in total. The van der Waals surface area contributed by atoms with Crippen LogP contribution in [0.15, 0.2) is 195 Å². The Bertz CT molecular complexity index is 3080. The highest BCUT2D eigenvalue weighted by atomic mass is 15.1. The number of anilines is 3. The predicted octanol–water partition coefficient (Wildman–Crippen LogP) is 13.6. The Hall–Kier alpha value is -7.17. The van der Waals surface area contributed by atoms with E-state index in [-0.39, 0.29) is 5.41 Å². The SMILES string of the molecule is CC1(C)c2ccccc2-c2ccc(N(c3ccc(-c4ccncc4)cc3)c3ccc4c(c3)c3cc5ccn(-c6ccccc6)c5cc3n4-c3ccccc3)cc21. The summed E-state index contributed by atoms with van der Waals surface area (Å²) in [5, 5.41) is 3.65. The predicted molar refractivity (Wildman–Crippen MR) is 233 cm³/mol. The minimum absolute atomic E-state index is 0.118. The number of fused-ring (bicyclic) bond motifs is 7. The van der Waals surface area contributed by atoms with Crippen molar-refractivity contribution in [2.45, 2.75) is 19.3 Å². The number of benzene rings is 7. The lowest BCUT2D eigenvalue weighted by atomic mass is 9.82. The van der Waals surface area contributed by atoms with Gasteiger partial charge in [-0.25, -0.2) is 0 Å². The number of rotatable bonds is 6. The molecule has 0 saturated carbocycles. The largest absolute Gasteiger partial charge is 0.316 e. The van der Waals surface area contributed by atoms with Crippen molar-refractivity contribution < 1.29 is 0 Å². The number of aromatic nitrogens is 3. The normalized spacial score (nSPS) is 13.0. The van der Waals surface area contributed by atoms with Crippen LogP contribution in [-0.2, 0) is 5.41 Å². The fraction of sp³-hybridized carbons (Fsp3) is 0.0577. The molecular weight excluding hydrogens is 681 g/mol. The Labute approximate surface area is 326 Å². The lowest BCUT2D eigenvalue weighted by molar-refractivity contribution is 0.660. The molecule has 11 rings (SSSR count). The Morgan fingerprint density at radius 1 is 0.464 bits per heavy atom. The molecule has 1 aliphatic rings. The summed E-state index contributed by atoms with van der Waals surface area (Å²) < 4.78 is 4.71. The van der Waals surface area contributed by atoms with Crippen molar-refractivity contribution in [3.63, 3.8) is 0 Å². The summed E-state index contributed by atoms with van der Waals surface area (Å²) in [5.41, 5.74) is 16.7. The first-order valence-electron chi connectivity index (χ1n) is 19.3. The van der Waals surface area contributed by atoms with Crippen molar-refractivity contribution in [2.24, 2.45) is 0 Å². The van der Waals surface area contributed by atoms with E-state index in [1.807, 2.05) is 12.4 Å². The quantitative estimate of drug-likeness (QED) is 0.171. The Kier molecular flexibility index (Phi) is 7.17. The monoisotopic (exact) mass is 718 g/mol. The number of pyridine rings is 1. The maximum absolute atomic E-state index is 4.24. The second kappa shape index (κ2) is 12.4. The van der Waals surface area contributed by atoms with Gasteiger partial charge in [-0.15, -0.1) is 0 Å². The van der Waals surface area contributed by atoms with Gasteiger partial charge in [0, 0.05) is 68.6 Å². The molecule has 0 unspecified atom stereocenters. The highest BCUT2D eigenvalue weighted by molar-refractivity contribution is 6.14. The van der Waals surface area contributed by atoms with Gasteiger partial charge in [-0.1, -0.05) is 92.7 Å². The van der Waals surface area contributed by atoms with Gasteiger partial charge in [0.25, 0.3) is 0 Å². The summed E-state index contributed by atoms with van der Waals surface area (Å²) in [6.45, 7) is 4.71. The second-order valence-corrected chi connectivity index (χ2v) is 15.3. The number of nitrogens with zero attached hydrogens (tertiary/aromatic N) is 4. The second-order valence-electron chi connectivity index (χ2n) is 15.3. The van der Waals surface area contributed by atoms with E-state index in [0.717, 1.165) is 39.6 Å². The Morgan fingerprint density at radius 3 is 1.88 bits per heavy atom. The molecule has 3 aromatic heterocycles. The van der Waals surface area contributed by atoms with Crippen LogP contribution in [0.1, 0.15) is 25.0 Å². The third-order valence-corrected chi connectivity index (χ3v) is 11.8. The molecule has 266 valence electrons. The molecular formula is C52H38N4. The zero-order valence-electron chi connectivity index (χ0n) is 31.3. The van der Waals surface area contributed by atoms with E-state index in [4.69, 9.17) is 0 Å². The van der Waals surface area contributed by atoms with Crippen LogP contribution >= 0.6 is 0 Å². The van der Waals surface area contributed by atoms with E-state index >= 15 is 0 Å². The first kappa shape index (κ1) is 32.3. The number of para-hydroxylation sites is 2. The standard InChI is InChI=1S/C52H38N4/c1-52(2)47-16-10-9-15-43(47)44-23-21-42(33-48(44)52)55(40-19-17-35(18-20-40)36-25-28-53-29-26-36)41-22-24-49-46(32-41)45-31-37-27-30-54(38-11-5-3-6-12-38)50(37)34-51(45)56(49)39-13-7-4-8-14-39/h3-34H,1-2H3. The topological polar surface area (TPSA) is 26.0 Å². The summed E-state index contributed by atoms with van der Waals surface area (Å²) in [4.78, 5) is 6.66. The minimum atomic E-state index is -0.118. The van der Waals surface area contributed by atoms with Crippen LogP contribution in [0, 0.1) is 0 Å². The molecule has 4 heteroatoms. The fourth-order valence-electron chi connectivity index (χ4n) is 9.07. The van der Waals surface area contributed by atoms with Crippen LogP contribution in [0.25, 0.3) is 66.3 Å². The zero-order chi connectivity index (χ0) is 37.4. The molecule has 0 fully saturated rings. The van der Waals surface area contributed by atoms with E-state index in [1.165, 1.54) is 55.0 Å². The van der Waals surface area contributed by atoms with Crippen LogP contribution in [0.2, 0.25) is 0 Å². The number of hydrogen-bond acceptors (Lipinski definition) is 2. The molecule has 0 saturated heterocycles. The van der Waals surface area contributed by atoms with Crippen LogP contribution in [-0.4, -0.2) is 14.1 Å². The molecule has 7 aromatic carbocycles. The average molecular weight is 719 g/mol. The van der Waals surface area contributed by atoms with E-state index in [9.17, 15) is 0 Å². The van der Waals surface area contributed by atoms with Crippen LogP contribution in [0.5, 0.6) is 0 Å². The molecule has 0 spiro atoms. The van der Waals surface area contributed by atoms with E-state index in [2.05, 4.69) is 215 Å². The Morgan fingerprint density at radius 2 is 1.09 bits per heavy atom. The van der Waals surface area contributed by atoms with Gasteiger partial charge in [-0.3, -0.25) is 4.98 Å². The van der Waals surface area contributed by atoms with Crippen molar-refractivity contribution in [3.05, 3.63) is 206 Å². The van der Waals surface area contributed by atoms with Crippen molar-refractivity contribution in [1.82, 2.24) is 14.1 Å². The van der Waals surface area contributed by atoms with Gasteiger partial charge >= 0.3 is 0 Å². The maximum Gasteiger partial charge on any atom is 0.0562 e. The van der Waals surface area contributed by atoms with Crippen LogP contribution < -0.4 is 4.90 Å². The summed E-state index contributed by atoms with van der Waals surface area (Å²) in [5.74, 6) is 0. The first-order chi connectivity index (χ1) is 27.5. The molecule has 1 aliphatic carbocycles. The minimum Gasteiger partial charge on any atom is -0.316 e. The van der Waals surface area contributed by atoms with Gasteiger partial charge in [0.15, 0.2) is 0 Å². The Balaban J connectivity index is 1.13. The summed E-state index contributed by atoms with van der Waals surface area (Å²) in [6.07, 6.45) is 5.89. The van der Waals surface area contributed by atoms with Gasteiger partial charge in [-0.05, 0) is 130 Å². The molecule has 10 aromatic rings. The van der Waals surface area contributed by atoms with E-state index < -0.39 is 0 Å². The maximum atomic E-state index is 4.24. The van der Waals surface area contributed by atoms with Crippen molar-refractivity contribution in [2.75, 3.05) is 4.90 Å². The molecule has 0 aliphatic heterocycles. The van der Waals surface area contributed by atoms with Gasteiger partial charge in [0.05, 0.1) is 16.6 Å². The van der Waals surface area contributed by atoms with Crippen LogP contribution in [0.4, 0.5) is 17.1 Å². The van der Waals surface area contributed by atoms with Gasteiger partial charge < -0.3 is 14.0 Å². The zero-order valence-corrected chi connectivity index (χ0v) is 31.3. The lowest BCUT2D eigenvalue weighted by Crippen LogP contribution is -2.16. The molecule has 0 atom stereocenters. The van der Waals surface area contributed by atoms with Crippen molar-refractivity contribution >= 4 is 49.8 Å². The van der Waals surface area contributed by atoms with E-state index in [1.54, 1.807) is 0 Å². The molecule has 3 heterocycles. The van der Waals surface area contributed by atoms with Crippen molar-refractivity contribution in [1.29, 1.82) is 0 Å². The molecule has 0 radical (unpaired) electrons. The van der Waals surface area contributed by atoms with Gasteiger partial charge in [0.1, 0.15) is 0 Å². The summed E-state index contributed by atoms with van der Waals surface area (Å²) in [7, 11) is 0. The smallest absolute Gasteiger partial charge is 0.0562 e. The van der Waals surface area contributed by atoms with Gasteiger partial charge in [-0.2, -0.15) is 0 Å². The first-order valence-corrected chi connectivity index (χ1v) is 19.3. The van der Waals surface area contributed by atoms with Gasteiger partial charge in [0.2, 0.25) is 0 Å². The molecule has 0 bridgehead atoms. The molecule has 4 nitrogen and oxygen atoms in total. The third-order valence-electron chi connectivity index (χ3n) is 11.8. The highest BCUT2D eigenvalue weighted by Gasteiger charge is 2.35. The number of hydrogen-bond donors (Lipinski definition) is 0. The average Bonchev–Trinajstić information content (AvgIpc) is 3.89.